The molecule has 0 saturated heterocycles. The monoisotopic (exact) mass is 352 g/mol. The number of hydrogen-bond acceptors (Lipinski definition) is 6. The van der Waals surface area contributed by atoms with E-state index in [1.165, 1.54) is 17.3 Å². The third kappa shape index (κ3) is 2.83. The Morgan fingerprint density at radius 1 is 1.46 bits per heavy atom. The van der Waals surface area contributed by atoms with E-state index in [0.717, 1.165) is 0 Å². The second kappa shape index (κ2) is 6.32. The first-order valence-corrected chi connectivity index (χ1v) is 7.36. The summed E-state index contributed by atoms with van der Waals surface area (Å²) in [6.45, 7) is 1.68. The Kier molecular flexibility index (Phi) is 4.21. The van der Waals surface area contributed by atoms with Crippen molar-refractivity contribution in [3.63, 3.8) is 0 Å². The highest BCUT2D eigenvalue weighted by Gasteiger charge is 2.18. The fraction of sp³-hybridized carbons (Fsp3) is 0.231. The van der Waals surface area contributed by atoms with Crippen LogP contribution in [0.2, 0.25) is 5.15 Å². The van der Waals surface area contributed by atoms with E-state index in [0.29, 0.717) is 16.7 Å². The molecular weight excluding hydrogens is 339 g/mol. The van der Waals surface area contributed by atoms with Crippen molar-refractivity contribution in [3.05, 3.63) is 23.6 Å². The molecule has 0 aliphatic heterocycles. The fourth-order valence-electron chi connectivity index (χ4n) is 2.17. The van der Waals surface area contributed by atoms with Gasteiger partial charge in [0.25, 0.3) is 0 Å². The van der Waals surface area contributed by atoms with Crippen LogP contribution in [-0.2, 0) is 4.79 Å². The van der Waals surface area contributed by atoms with Gasteiger partial charge in [-0.05, 0) is 13.0 Å². The van der Waals surface area contributed by atoms with E-state index in [-0.39, 0.29) is 22.8 Å². The molecule has 9 nitrogen and oxygen atoms in total. The normalized spacial score (nSPS) is 12.2. The van der Waals surface area contributed by atoms with Crippen molar-refractivity contribution in [2.45, 2.75) is 13.0 Å². The van der Waals surface area contributed by atoms with Gasteiger partial charge >= 0.3 is 0 Å². The largest absolute Gasteiger partial charge is 0.357 e. The quantitative estimate of drug-likeness (QED) is 0.523. The molecule has 11 heteroatoms. The maximum atomic E-state index is 12.9. The number of amides is 1. The molecule has 3 rings (SSSR count). The second-order valence-electron chi connectivity index (χ2n) is 4.96. The molecule has 1 atom stereocenters. The summed E-state index contributed by atoms with van der Waals surface area (Å²) in [5.74, 6) is -0.0705. The number of halogens is 2. The number of hydrogen-bond donors (Lipinski definition) is 4. The number of likely N-dealkylation sites (N-methyl/N-ethyl adjacent to an activating group) is 1. The van der Waals surface area contributed by atoms with Gasteiger partial charge in [0, 0.05) is 13.2 Å². The number of aromatic nitrogens is 5. The average Bonchev–Trinajstić information content (AvgIpc) is 3.19. The topological polar surface area (TPSA) is 113 Å². The smallest absolute Gasteiger partial charge is 0.244 e. The lowest BCUT2D eigenvalue weighted by molar-refractivity contribution is -0.123. The van der Waals surface area contributed by atoms with E-state index in [2.05, 4.69) is 30.7 Å². The summed E-state index contributed by atoms with van der Waals surface area (Å²) in [5, 5.41) is 10.1. The van der Waals surface area contributed by atoms with Crippen molar-refractivity contribution < 1.29 is 9.28 Å². The minimum Gasteiger partial charge on any atom is -0.357 e. The minimum absolute atomic E-state index is 0.0194. The molecule has 0 aliphatic rings. The Hall–Kier alpha value is -2.88. The van der Waals surface area contributed by atoms with Crippen molar-refractivity contribution in [1.29, 1.82) is 0 Å². The zero-order valence-electron chi connectivity index (χ0n) is 12.8. The Bertz CT molecular complexity index is 891. The van der Waals surface area contributed by atoms with E-state index in [1.807, 2.05) is 0 Å². The number of aromatic amines is 1. The molecule has 3 aromatic rings. The van der Waals surface area contributed by atoms with Crippen molar-refractivity contribution in [3.8, 4) is 0 Å². The van der Waals surface area contributed by atoms with Gasteiger partial charge in [-0.15, -0.1) is 4.48 Å². The highest BCUT2D eigenvalue weighted by atomic mass is 35.5. The molecule has 0 saturated carbocycles. The summed E-state index contributed by atoms with van der Waals surface area (Å²) in [5.41, 5.74) is 2.37. The molecule has 4 N–H and O–H groups in total. The lowest BCUT2D eigenvalue weighted by atomic mass is 10.3. The van der Waals surface area contributed by atoms with Crippen LogP contribution in [0.25, 0.3) is 11.0 Å². The molecule has 3 aromatic heterocycles. The summed E-state index contributed by atoms with van der Waals surface area (Å²) < 4.78 is 14.3. The van der Waals surface area contributed by atoms with Crippen LogP contribution in [0.3, 0.4) is 0 Å². The molecule has 0 aliphatic carbocycles. The van der Waals surface area contributed by atoms with Gasteiger partial charge in [-0.2, -0.15) is 15.1 Å². The van der Waals surface area contributed by atoms with E-state index >= 15 is 0 Å². The van der Waals surface area contributed by atoms with Gasteiger partial charge in [0.05, 0.1) is 17.3 Å². The van der Waals surface area contributed by atoms with Crippen LogP contribution in [0.15, 0.2) is 18.5 Å². The third-order valence-electron chi connectivity index (χ3n) is 3.46. The Morgan fingerprint density at radius 2 is 2.25 bits per heavy atom. The SMILES string of the molecule is CNC(=O)C(C)n1cc(Nc2nc(NF)c3cc[nH]c3n2)c(Cl)n1. The first kappa shape index (κ1) is 16.0. The first-order valence-electron chi connectivity index (χ1n) is 6.98. The summed E-state index contributed by atoms with van der Waals surface area (Å²) >= 11 is 6.08. The van der Waals surface area contributed by atoms with Crippen LogP contribution >= 0.6 is 11.6 Å². The minimum atomic E-state index is -0.544. The van der Waals surface area contributed by atoms with Crippen LogP contribution < -0.4 is 16.2 Å². The van der Waals surface area contributed by atoms with Crippen molar-refractivity contribution in [1.82, 2.24) is 30.0 Å². The maximum Gasteiger partial charge on any atom is 0.244 e. The number of carbonyl (C=O) groups is 1. The number of H-pyrrole nitrogens is 1. The molecule has 0 aromatic carbocycles. The number of rotatable bonds is 5. The van der Waals surface area contributed by atoms with Gasteiger partial charge < -0.3 is 15.6 Å². The second-order valence-corrected chi connectivity index (χ2v) is 5.32. The van der Waals surface area contributed by atoms with Crippen LogP contribution in [0.5, 0.6) is 0 Å². The van der Waals surface area contributed by atoms with Gasteiger partial charge in [0.2, 0.25) is 11.9 Å². The van der Waals surface area contributed by atoms with Crippen LogP contribution in [-0.4, -0.2) is 37.7 Å². The predicted octanol–water partition coefficient (Wildman–Crippen LogP) is 2.15. The van der Waals surface area contributed by atoms with Crippen molar-refractivity contribution >= 4 is 46.0 Å². The number of fused-ring (bicyclic) bond motifs is 1. The fourth-order valence-corrected chi connectivity index (χ4v) is 2.35. The standard InChI is InChI=1S/C13H14ClFN8O/c1-6(12(24)16-2)23-5-8(9(14)22-23)18-13-19-10-7(3-4-17-10)11(20-13)21-15/h3-6H,1-2H3,(H,16,24)(H3,17,18,19,20,21). The number of nitrogens with zero attached hydrogens (tertiary/aromatic N) is 4. The van der Waals surface area contributed by atoms with E-state index in [4.69, 9.17) is 11.6 Å². The zero-order chi connectivity index (χ0) is 17.3. The van der Waals surface area contributed by atoms with Crippen molar-refractivity contribution in [2.24, 2.45) is 0 Å². The Balaban J connectivity index is 1.91. The summed E-state index contributed by atoms with van der Waals surface area (Å²) in [6, 6.07) is 1.11. The molecule has 24 heavy (non-hydrogen) atoms. The molecule has 3 heterocycles. The van der Waals surface area contributed by atoms with E-state index in [9.17, 15) is 9.28 Å². The molecular formula is C13H14ClFN8O. The first-order chi connectivity index (χ1) is 11.5. The van der Waals surface area contributed by atoms with Gasteiger partial charge in [-0.3, -0.25) is 9.48 Å². The summed E-state index contributed by atoms with van der Waals surface area (Å²) in [4.78, 5) is 22.8. The van der Waals surface area contributed by atoms with E-state index in [1.54, 1.807) is 25.4 Å². The Labute approximate surface area is 140 Å². The van der Waals surface area contributed by atoms with Crippen molar-refractivity contribution in [2.75, 3.05) is 17.9 Å². The highest BCUT2D eigenvalue weighted by Crippen LogP contribution is 2.27. The third-order valence-corrected chi connectivity index (χ3v) is 3.74. The van der Waals surface area contributed by atoms with Crippen LogP contribution in [0.1, 0.15) is 13.0 Å². The average molecular weight is 353 g/mol. The Morgan fingerprint density at radius 3 is 2.96 bits per heavy atom. The zero-order valence-corrected chi connectivity index (χ0v) is 13.5. The number of carbonyl (C=O) groups excluding carboxylic acids is 1. The maximum absolute atomic E-state index is 12.9. The molecule has 1 amide bonds. The van der Waals surface area contributed by atoms with Gasteiger partial charge in [0.15, 0.2) is 11.0 Å². The molecule has 0 radical (unpaired) electrons. The lowest BCUT2D eigenvalue weighted by Gasteiger charge is -2.09. The molecule has 126 valence electrons. The molecule has 0 bridgehead atoms. The molecule has 1 unspecified atom stereocenters. The van der Waals surface area contributed by atoms with Crippen LogP contribution in [0, 0.1) is 0 Å². The van der Waals surface area contributed by atoms with Crippen LogP contribution in [0.4, 0.5) is 21.9 Å². The van der Waals surface area contributed by atoms with Gasteiger partial charge in [-0.25, -0.2) is 5.54 Å². The summed E-state index contributed by atoms with van der Waals surface area (Å²) in [7, 11) is 1.54. The number of nitrogens with one attached hydrogen (secondary N) is 4. The number of anilines is 3. The molecule has 0 fully saturated rings. The lowest BCUT2D eigenvalue weighted by Crippen LogP contribution is -2.28. The van der Waals surface area contributed by atoms with Gasteiger partial charge in [-0.1, -0.05) is 11.6 Å². The molecule has 0 spiro atoms. The predicted molar refractivity (Wildman–Crippen MR) is 87.9 cm³/mol. The van der Waals surface area contributed by atoms with Gasteiger partial charge in [0.1, 0.15) is 11.7 Å². The summed E-state index contributed by atoms with van der Waals surface area (Å²) in [6.07, 6.45) is 3.17. The van der Waals surface area contributed by atoms with E-state index < -0.39 is 6.04 Å². The highest BCUT2D eigenvalue weighted by molar-refractivity contribution is 6.32.